The summed E-state index contributed by atoms with van der Waals surface area (Å²) in [6.07, 6.45) is 1.14. The Bertz CT molecular complexity index is 476. The third kappa shape index (κ3) is 3.31. The van der Waals surface area contributed by atoms with Crippen LogP contribution in [0.2, 0.25) is 0 Å². The van der Waals surface area contributed by atoms with Crippen molar-refractivity contribution in [3.05, 3.63) is 21.6 Å². The van der Waals surface area contributed by atoms with E-state index in [-0.39, 0.29) is 23.7 Å². The van der Waals surface area contributed by atoms with Crippen molar-refractivity contribution in [3.8, 4) is 0 Å². The molecule has 1 rings (SSSR count). The van der Waals surface area contributed by atoms with Crippen molar-refractivity contribution in [2.24, 2.45) is 0 Å². The van der Waals surface area contributed by atoms with Gasteiger partial charge in [-0.05, 0) is 4.92 Å². The van der Waals surface area contributed by atoms with Crippen molar-refractivity contribution in [1.29, 1.82) is 0 Å². The summed E-state index contributed by atoms with van der Waals surface area (Å²) in [5, 5.41) is 10.5. The standard InChI is InChI=1S/C7H11N3O4S/c1-5-8-6(3-4-15(2,13)14)7(9-5)10(11)12/h3-4H2,1-2H3,(H,8,9). The molecular formula is C7H11N3O4S. The molecule has 1 aromatic heterocycles. The first-order chi connectivity index (χ1) is 6.79. The Morgan fingerprint density at radius 2 is 2.13 bits per heavy atom. The number of H-pyrrole nitrogens is 1. The van der Waals surface area contributed by atoms with Crippen LogP contribution in [0.25, 0.3) is 0 Å². The highest BCUT2D eigenvalue weighted by atomic mass is 32.2. The molecule has 0 fully saturated rings. The van der Waals surface area contributed by atoms with Gasteiger partial charge in [-0.25, -0.2) is 18.4 Å². The molecule has 0 aromatic carbocycles. The normalized spacial score (nSPS) is 11.6. The van der Waals surface area contributed by atoms with E-state index < -0.39 is 14.8 Å². The summed E-state index contributed by atoms with van der Waals surface area (Å²) in [7, 11) is -3.13. The smallest absolute Gasteiger partial charge is 0.343 e. The number of aromatic nitrogens is 2. The maximum Gasteiger partial charge on any atom is 0.343 e. The number of nitrogens with zero attached hydrogens (tertiary/aromatic N) is 2. The van der Waals surface area contributed by atoms with Gasteiger partial charge in [-0.3, -0.25) is 0 Å². The van der Waals surface area contributed by atoms with Gasteiger partial charge in [0, 0.05) is 19.6 Å². The predicted molar refractivity (Wildman–Crippen MR) is 53.4 cm³/mol. The van der Waals surface area contributed by atoms with E-state index >= 15 is 0 Å². The first kappa shape index (κ1) is 11.6. The highest BCUT2D eigenvalue weighted by Crippen LogP contribution is 2.15. The molecular weight excluding hydrogens is 222 g/mol. The third-order valence-corrected chi connectivity index (χ3v) is 2.71. The van der Waals surface area contributed by atoms with Crippen LogP contribution in [0.5, 0.6) is 0 Å². The molecule has 0 radical (unpaired) electrons. The van der Waals surface area contributed by atoms with E-state index in [0.717, 1.165) is 6.26 Å². The van der Waals surface area contributed by atoms with E-state index in [4.69, 9.17) is 0 Å². The van der Waals surface area contributed by atoms with Crippen molar-refractivity contribution in [2.45, 2.75) is 13.3 Å². The number of aryl methyl sites for hydroxylation is 2. The molecule has 0 aliphatic rings. The number of sulfone groups is 1. The van der Waals surface area contributed by atoms with Gasteiger partial charge in [0.15, 0.2) is 5.82 Å². The second-order valence-corrected chi connectivity index (χ2v) is 5.51. The summed E-state index contributed by atoms with van der Waals surface area (Å²) >= 11 is 0. The second kappa shape index (κ2) is 3.97. The monoisotopic (exact) mass is 233 g/mol. The van der Waals surface area contributed by atoms with Crippen LogP contribution < -0.4 is 0 Å². The molecule has 0 spiro atoms. The molecule has 0 unspecified atom stereocenters. The Kier molecular flexibility index (Phi) is 3.08. The minimum absolute atomic E-state index is 0.0550. The third-order valence-electron chi connectivity index (χ3n) is 1.77. The van der Waals surface area contributed by atoms with Crippen molar-refractivity contribution in [2.75, 3.05) is 12.0 Å². The van der Waals surface area contributed by atoms with Crippen LogP contribution >= 0.6 is 0 Å². The lowest BCUT2D eigenvalue weighted by atomic mass is 10.3. The number of nitrogens with one attached hydrogen (secondary N) is 1. The van der Waals surface area contributed by atoms with Gasteiger partial charge in [0.2, 0.25) is 0 Å². The Labute approximate surface area is 86.6 Å². The molecule has 84 valence electrons. The van der Waals surface area contributed by atoms with E-state index in [9.17, 15) is 18.5 Å². The summed E-state index contributed by atoms with van der Waals surface area (Å²) in [4.78, 5) is 16.3. The number of hydrogen-bond donors (Lipinski definition) is 1. The molecule has 1 aromatic rings. The Morgan fingerprint density at radius 3 is 2.60 bits per heavy atom. The number of aromatic amines is 1. The van der Waals surface area contributed by atoms with Gasteiger partial charge in [-0.2, -0.15) is 0 Å². The zero-order valence-electron chi connectivity index (χ0n) is 8.35. The van der Waals surface area contributed by atoms with Crippen LogP contribution in [0, 0.1) is 17.0 Å². The summed E-state index contributed by atoms with van der Waals surface area (Å²) in [5.74, 6) is 0.0411. The maximum atomic E-state index is 10.9. The van der Waals surface area contributed by atoms with Crippen LogP contribution in [0.4, 0.5) is 5.82 Å². The van der Waals surface area contributed by atoms with Gasteiger partial charge >= 0.3 is 5.82 Å². The molecule has 0 bridgehead atoms. The molecule has 15 heavy (non-hydrogen) atoms. The first-order valence-electron chi connectivity index (χ1n) is 4.17. The van der Waals surface area contributed by atoms with Gasteiger partial charge in [-0.15, -0.1) is 0 Å². The first-order valence-corrected chi connectivity index (χ1v) is 6.23. The van der Waals surface area contributed by atoms with Crippen LogP contribution in [0.15, 0.2) is 0 Å². The van der Waals surface area contributed by atoms with E-state index in [0.29, 0.717) is 5.82 Å². The van der Waals surface area contributed by atoms with Crippen molar-refractivity contribution >= 4 is 15.7 Å². The SMILES string of the molecule is Cc1nc(CCS(C)(=O)=O)c([N+](=O)[O-])[nH]1. The quantitative estimate of drug-likeness (QED) is 0.591. The Hall–Kier alpha value is -1.44. The topological polar surface area (TPSA) is 106 Å². The maximum absolute atomic E-state index is 10.9. The highest BCUT2D eigenvalue weighted by molar-refractivity contribution is 7.90. The fraction of sp³-hybridized carbons (Fsp3) is 0.571. The molecule has 0 amide bonds. The number of rotatable bonds is 4. The van der Waals surface area contributed by atoms with E-state index in [1.54, 1.807) is 6.92 Å². The van der Waals surface area contributed by atoms with Crippen LogP contribution in [-0.4, -0.2) is 35.3 Å². The number of imidazole rings is 1. The number of nitro groups is 1. The van der Waals surface area contributed by atoms with E-state index in [1.165, 1.54) is 0 Å². The molecule has 1 N–H and O–H groups in total. The molecule has 8 heteroatoms. The lowest BCUT2D eigenvalue weighted by Crippen LogP contribution is -2.07. The average Bonchev–Trinajstić information content (AvgIpc) is 2.42. The van der Waals surface area contributed by atoms with Gasteiger partial charge < -0.3 is 10.1 Å². The highest BCUT2D eigenvalue weighted by Gasteiger charge is 2.18. The molecule has 0 saturated heterocycles. The van der Waals surface area contributed by atoms with Gasteiger partial charge in [0.1, 0.15) is 15.5 Å². The number of hydrogen-bond acceptors (Lipinski definition) is 5. The minimum atomic E-state index is -3.13. The summed E-state index contributed by atoms with van der Waals surface area (Å²) in [5.41, 5.74) is 0.183. The molecule has 7 nitrogen and oxygen atoms in total. The lowest BCUT2D eigenvalue weighted by molar-refractivity contribution is -0.390. The zero-order valence-corrected chi connectivity index (χ0v) is 9.17. The van der Waals surface area contributed by atoms with Crippen LogP contribution in [0.1, 0.15) is 11.5 Å². The van der Waals surface area contributed by atoms with E-state index in [2.05, 4.69) is 9.97 Å². The predicted octanol–water partition coefficient (Wildman–Crippen LogP) is 0.213. The van der Waals surface area contributed by atoms with Gasteiger partial charge in [0.25, 0.3) is 0 Å². The van der Waals surface area contributed by atoms with Crippen molar-refractivity contribution in [3.63, 3.8) is 0 Å². The second-order valence-electron chi connectivity index (χ2n) is 3.25. The summed E-state index contributed by atoms with van der Waals surface area (Å²) in [6.45, 7) is 1.58. The fourth-order valence-corrected chi connectivity index (χ4v) is 1.70. The van der Waals surface area contributed by atoms with Crippen LogP contribution in [0.3, 0.4) is 0 Å². The van der Waals surface area contributed by atoms with Crippen molar-refractivity contribution < 1.29 is 13.3 Å². The average molecular weight is 233 g/mol. The van der Waals surface area contributed by atoms with Gasteiger partial charge in [0.05, 0.1) is 5.75 Å². The Balaban J connectivity index is 2.90. The van der Waals surface area contributed by atoms with Gasteiger partial charge in [-0.1, -0.05) is 0 Å². The largest absolute Gasteiger partial charge is 0.358 e. The lowest BCUT2D eigenvalue weighted by Gasteiger charge is -1.96. The molecule has 0 aliphatic heterocycles. The fourth-order valence-electron chi connectivity index (χ4n) is 1.13. The summed E-state index contributed by atoms with van der Waals surface area (Å²) in [6, 6.07) is 0. The molecule has 0 saturated carbocycles. The van der Waals surface area contributed by atoms with E-state index in [1.807, 2.05) is 0 Å². The summed E-state index contributed by atoms with van der Waals surface area (Å²) < 4.78 is 21.8. The van der Waals surface area contributed by atoms with Crippen molar-refractivity contribution in [1.82, 2.24) is 9.97 Å². The zero-order chi connectivity index (χ0) is 11.6. The molecule has 1 heterocycles. The molecule has 0 atom stereocenters. The van der Waals surface area contributed by atoms with Crippen LogP contribution in [-0.2, 0) is 16.3 Å². The minimum Gasteiger partial charge on any atom is -0.358 e. The Morgan fingerprint density at radius 1 is 1.53 bits per heavy atom. The molecule has 0 aliphatic carbocycles.